The van der Waals surface area contributed by atoms with E-state index in [-0.39, 0.29) is 5.78 Å². The molecule has 0 saturated heterocycles. The molecule has 0 radical (unpaired) electrons. The molecule has 1 heterocycles. The van der Waals surface area contributed by atoms with E-state index in [0.29, 0.717) is 6.54 Å². The Kier molecular flexibility index (Phi) is 5.68. The van der Waals surface area contributed by atoms with Crippen LogP contribution in [0.2, 0.25) is 0 Å². The molecule has 1 aromatic heterocycles. The third-order valence-electron chi connectivity index (χ3n) is 1.38. The van der Waals surface area contributed by atoms with Crippen LogP contribution in [0, 0.1) is 6.92 Å². The molecule has 0 aromatic carbocycles. The van der Waals surface area contributed by atoms with Crippen molar-refractivity contribution in [3.8, 4) is 0 Å². The van der Waals surface area contributed by atoms with E-state index < -0.39 is 0 Å². The van der Waals surface area contributed by atoms with E-state index in [1.165, 1.54) is 0 Å². The zero-order valence-corrected chi connectivity index (χ0v) is 8.68. The minimum atomic E-state index is 0.116. The number of rotatable bonds is 3. The van der Waals surface area contributed by atoms with Gasteiger partial charge < -0.3 is 9.73 Å². The molecule has 0 aliphatic rings. The Labute approximate surface area is 79.1 Å². The summed E-state index contributed by atoms with van der Waals surface area (Å²) in [6, 6.07) is 0. The highest BCUT2D eigenvalue weighted by Crippen LogP contribution is 2.13. The largest absolute Gasteiger partial charge is 0.470 e. The minimum Gasteiger partial charge on any atom is -0.470 e. The first-order valence-corrected chi connectivity index (χ1v) is 4.46. The van der Waals surface area contributed by atoms with Crippen molar-refractivity contribution < 1.29 is 9.21 Å². The van der Waals surface area contributed by atoms with Crippen molar-refractivity contribution in [3.63, 3.8) is 0 Å². The molecule has 0 fully saturated rings. The van der Waals surface area contributed by atoms with Crippen molar-refractivity contribution in [1.82, 2.24) is 0 Å². The number of furan rings is 1. The molecular formula is C10H17NO2. The summed E-state index contributed by atoms with van der Waals surface area (Å²) in [5.74, 6) is 0.116. The lowest BCUT2D eigenvalue weighted by atomic mass is 10.3. The highest BCUT2D eigenvalue weighted by Gasteiger charge is 1.99. The molecule has 1 N–H and O–H groups in total. The maximum Gasteiger partial charge on any atom is 0.148 e. The van der Waals surface area contributed by atoms with Crippen LogP contribution in [0.5, 0.6) is 0 Å². The molecule has 0 aliphatic heterocycles. The number of carbonyl (C=O) groups excluding carboxylic acids is 1. The number of hydrogen-bond acceptors (Lipinski definition) is 3. The van der Waals surface area contributed by atoms with Gasteiger partial charge in [0, 0.05) is 5.56 Å². The number of carbonyl (C=O) groups is 1. The summed E-state index contributed by atoms with van der Waals surface area (Å²) < 4.78 is 4.90. The predicted octanol–water partition coefficient (Wildman–Crippen LogP) is 2.62. The SMILES string of the molecule is CC.CC(=O)CNc1cocc1C. The maximum atomic E-state index is 10.6. The van der Waals surface area contributed by atoms with Crippen LogP contribution in [0.3, 0.4) is 0 Å². The van der Waals surface area contributed by atoms with E-state index in [9.17, 15) is 4.79 Å². The Morgan fingerprint density at radius 2 is 2.08 bits per heavy atom. The number of aryl methyl sites for hydroxylation is 1. The molecular weight excluding hydrogens is 166 g/mol. The average Bonchev–Trinajstić information content (AvgIpc) is 2.51. The second kappa shape index (κ2) is 6.29. The minimum absolute atomic E-state index is 0.116. The lowest BCUT2D eigenvalue weighted by Gasteiger charge is -1.99. The Bertz CT molecular complexity index is 253. The van der Waals surface area contributed by atoms with Crippen LogP contribution < -0.4 is 5.32 Å². The molecule has 0 unspecified atom stereocenters. The van der Waals surface area contributed by atoms with Crippen LogP contribution in [0.25, 0.3) is 0 Å². The standard InChI is InChI=1S/C8H11NO2.C2H6/c1-6-4-11-5-8(6)9-3-7(2)10;1-2/h4-5,9H,3H2,1-2H3;1-2H3. The summed E-state index contributed by atoms with van der Waals surface area (Å²) in [5, 5.41) is 2.95. The normalized spacial score (nSPS) is 8.62. The van der Waals surface area contributed by atoms with Gasteiger partial charge in [0.1, 0.15) is 12.0 Å². The van der Waals surface area contributed by atoms with Crippen LogP contribution in [-0.4, -0.2) is 12.3 Å². The van der Waals surface area contributed by atoms with E-state index in [0.717, 1.165) is 11.3 Å². The molecule has 0 saturated carbocycles. The number of anilines is 1. The highest BCUT2D eigenvalue weighted by atomic mass is 16.3. The maximum absolute atomic E-state index is 10.6. The van der Waals surface area contributed by atoms with Gasteiger partial charge in [-0.25, -0.2) is 0 Å². The molecule has 13 heavy (non-hydrogen) atoms. The zero-order valence-electron chi connectivity index (χ0n) is 8.68. The van der Waals surface area contributed by atoms with Crippen molar-refractivity contribution in [3.05, 3.63) is 18.1 Å². The van der Waals surface area contributed by atoms with Gasteiger partial charge in [-0.1, -0.05) is 13.8 Å². The van der Waals surface area contributed by atoms with Gasteiger partial charge in [0.25, 0.3) is 0 Å². The summed E-state index contributed by atoms with van der Waals surface area (Å²) in [6.45, 7) is 7.83. The predicted molar refractivity (Wildman–Crippen MR) is 54.0 cm³/mol. The highest BCUT2D eigenvalue weighted by molar-refractivity contribution is 5.80. The summed E-state index contributed by atoms with van der Waals surface area (Å²) in [4.78, 5) is 10.6. The molecule has 1 rings (SSSR count). The summed E-state index contributed by atoms with van der Waals surface area (Å²) in [6.07, 6.45) is 3.24. The molecule has 1 aromatic rings. The van der Waals surface area contributed by atoms with Crippen LogP contribution in [-0.2, 0) is 4.79 Å². The second-order valence-electron chi connectivity index (χ2n) is 2.52. The lowest BCUT2D eigenvalue weighted by molar-refractivity contribution is -0.115. The van der Waals surface area contributed by atoms with Gasteiger partial charge >= 0.3 is 0 Å². The van der Waals surface area contributed by atoms with Gasteiger partial charge in [0.2, 0.25) is 0 Å². The van der Waals surface area contributed by atoms with Crippen molar-refractivity contribution in [2.24, 2.45) is 0 Å². The van der Waals surface area contributed by atoms with Gasteiger partial charge in [0.15, 0.2) is 0 Å². The third kappa shape index (κ3) is 4.35. The molecule has 0 spiro atoms. The fourth-order valence-electron chi connectivity index (χ4n) is 0.761. The summed E-state index contributed by atoms with van der Waals surface area (Å²) in [7, 11) is 0. The summed E-state index contributed by atoms with van der Waals surface area (Å²) in [5.41, 5.74) is 1.91. The molecule has 3 heteroatoms. The smallest absolute Gasteiger partial charge is 0.148 e. The van der Waals surface area contributed by atoms with Crippen molar-refractivity contribution in [2.45, 2.75) is 27.7 Å². The first-order valence-electron chi connectivity index (χ1n) is 4.46. The molecule has 0 bridgehead atoms. The third-order valence-corrected chi connectivity index (χ3v) is 1.38. The van der Waals surface area contributed by atoms with Crippen molar-refractivity contribution in [2.75, 3.05) is 11.9 Å². The first kappa shape index (κ1) is 11.8. The van der Waals surface area contributed by atoms with Crippen molar-refractivity contribution >= 4 is 11.5 Å². The van der Waals surface area contributed by atoms with Crippen LogP contribution >= 0.6 is 0 Å². The van der Waals surface area contributed by atoms with E-state index in [1.807, 2.05) is 20.8 Å². The molecule has 3 nitrogen and oxygen atoms in total. The topological polar surface area (TPSA) is 42.2 Å². The first-order chi connectivity index (χ1) is 6.20. The molecule has 0 aliphatic carbocycles. The molecule has 0 amide bonds. The van der Waals surface area contributed by atoms with E-state index in [2.05, 4.69) is 5.32 Å². The van der Waals surface area contributed by atoms with E-state index in [1.54, 1.807) is 19.5 Å². The fourth-order valence-corrected chi connectivity index (χ4v) is 0.761. The quantitative estimate of drug-likeness (QED) is 0.783. The van der Waals surface area contributed by atoms with Crippen molar-refractivity contribution in [1.29, 1.82) is 0 Å². The van der Waals surface area contributed by atoms with Crippen LogP contribution in [0.4, 0.5) is 5.69 Å². The van der Waals surface area contributed by atoms with E-state index >= 15 is 0 Å². The Hall–Kier alpha value is -1.25. The van der Waals surface area contributed by atoms with Gasteiger partial charge in [-0.05, 0) is 13.8 Å². The second-order valence-corrected chi connectivity index (χ2v) is 2.52. The summed E-state index contributed by atoms with van der Waals surface area (Å²) >= 11 is 0. The zero-order chi connectivity index (χ0) is 10.3. The number of nitrogens with one attached hydrogen (secondary N) is 1. The lowest BCUT2D eigenvalue weighted by Crippen LogP contribution is -2.09. The monoisotopic (exact) mass is 183 g/mol. The van der Waals surface area contributed by atoms with E-state index in [4.69, 9.17) is 4.42 Å². The number of ketones is 1. The fraction of sp³-hybridized carbons (Fsp3) is 0.500. The van der Waals surface area contributed by atoms with Gasteiger partial charge in [-0.2, -0.15) is 0 Å². The molecule has 74 valence electrons. The van der Waals surface area contributed by atoms with Crippen LogP contribution in [0.1, 0.15) is 26.3 Å². The number of Topliss-reactive ketones (excluding diaryl/α,β-unsaturated/α-hetero) is 1. The Morgan fingerprint density at radius 3 is 2.46 bits per heavy atom. The van der Waals surface area contributed by atoms with Gasteiger partial charge in [-0.3, -0.25) is 4.79 Å². The molecule has 0 atom stereocenters. The van der Waals surface area contributed by atoms with Crippen LogP contribution in [0.15, 0.2) is 16.9 Å². The average molecular weight is 183 g/mol. The number of hydrogen-bond donors (Lipinski definition) is 1. The van der Waals surface area contributed by atoms with Gasteiger partial charge in [0.05, 0.1) is 18.5 Å². The van der Waals surface area contributed by atoms with Gasteiger partial charge in [-0.15, -0.1) is 0 Å². The Balaban J connectivity index is 0.000000671. The Morgan fingerprint density at radius 1 is 1.46 bits per heavy atom.